The Morgan fingerprint density at radius 1 is 0.903 bits per heavy atom. The van der Waals surface area contributed by atoms with Crippen molar-refractivity contribution >= 4 is 27.3 Å². The third-order valence-corrected chi connectivity index (χ3v) is 7.17. The Bertz CT molecular complexity index is 1220. The molecule has 0 fully saturated rings. The number of rotatable bonds is 3. The Kier molecular flexibility index (Phi) is 6.06. The summed E-state index contributed by atoms with van der Waals surface area (Å²) in [7, 11) is 0. The molecule has 0 radical (unpaired) electrons. The topological polar surface area (TPSA) is 17.3 Å². The molecule has 2 aromatic heterocycles. The number of nitrogens with zero attached hydrogens (tertiary/aromatic N) is 2. The molecule has 2 heteroatoms. The van der Waals surface area contributed by atoms with Crippen LogP contribution in [0.5, 0.6) is 0 Å². The first-order valence-corrected chi connectivity index (χ1v) is 11.4. The SMILES string of the molecule is C=C.CC(C)C(C)C(C)(C)c1cccc2c3cc(C(C)(C)C)ccc3n3ccnc3c12. The number of benzene rings is 2. The summed E-state index contributed by atoms with van der Waals surface area (Å²) >= 11 is 0. The van der Waals surface area contributed by atoms with E-state index in [-0.39, 0.29) is 10.8 Å². The van der Waals surface area contributed by atoms with Gasteiger partial charge in [-0.3, -0.25) is 4.40 Å². The molecule has 0 amide bonds. The van der Waals surface area contributed by atoms with Gasteiger partial charge in [-0.1, -0.05) is 79.7 Å². The van der Waals surface area contributed by atoms with Gasteiger partial charge in [0.2, 0.25) is 0 Å². The standard InChI is InChI=1S/C27H34N2.C2H4/c1-17(2)18(3)27(7,8)22-11-9-10-20-21-16-19(26(4,5)6)12-13-23(21)29-15-14-28-25(29)24(20)22;1-2/h9-18H,1-8H3;1-2H2. The third-order valence-electron chi connectivity index (χ3n) is 7.17. The van der Waals surface area contributed by atoms with Crippen molar-refractivity contribution in [2.75, 3.05) is 0 Å². The van der Waals surface area contributed by atoms with Gasteiger partial charge < -0.3 is 0 Å². The summed E-state index contributed by atoms with van der Waals surface area (Å²) in [6.07, 6.45) is 4.03. The first-order chi connectivity index (χ1) is 14.5. The Balaban J connectivity index is 0.00000132. The van der Waals surface area contributed by atoms with E-state index in [9.17, 15) is 0 Å². The molecule has 0 N–H and O–H groups in total. The van der Waals surface area contributed by atoms with Gasteiger partial charge in [0.15, 0.2) is 0 Å². The highest BCUT2D eigenvalue weighted by Crippen LogP contribution is 2.42. The van der Waals surface area contributed by atoms with E-state index in [1.807, 2.05) is 6.20 Å². The van der Waals surface area contributed by atoms with Crippen LogP contribution in [0.25, 0.3) is 27.3 Å². The van der Waals surface area contributed by atoms with Crippen LogP contribution in [-0.2, 0) is 10.8 Å². The van der Waals surface area contributed by atoms with Crippen molar-refractivity contribution in [1.29, 1.82) is 0 Å². The molecule has 2 nitrogen and oxygen atoms in total. The average Bonchev–Trinajstić information content (AvgIpc) is 3.23. The minimum absolute atomic E-state index is 0.0510. The van der Waals surface area contributed by atoms with Crippen LogP contribution in [0.2, 0.25) is 0 Å². The molecule has 0 saturated carbocycles. The summed E-state index contributed by atoms with van der Waals surface area (Å²) < 4.78 is 2.27. The molecule has 0 aliphatic heterocycles. The zero-order valence-corrected chi connectivity index (χ0v) is 20.6. The van der Waals surface area contributed by atoms with Crippen LogP contribution in [0.4, 0.5) is 0 Å². The van der Waals surface area contributed by atoms with E-state index in [2.05, 4.69) is 116 Å². The van der Waals surface area contributed by atoms with Crippen molar-refractivity contribution in [3.8, 4) is 0 Å². The Hall–Kier alpha value is -2.61. The maximum atomic E-state index is 4.81. The van der Waals surface area contributed by atoms with Gasteiger partial charge in [-0.05, 0) is 51.3 Å². The fourth-order valence-corrected chi connectivity index (χ4v) is 4.74. The predicted octanol–water partition coefficient (Wildman–Crippen LogP) is 8.31. The van der Waals surface area contributed by atoms with Crippen molar-refractivity contribution in [1.82, 2.24) is 9.38 Å². The monoisotopic (exact) mass is 414 g/mol. The maximum Gasteiger partial charge on any atom is 0.145 e. The van der Waals surface area contributed by atoms with Crippen LogP contribution in [-0.4, -0.2) is 9.38 Å². The van der Waals surface area contributed by atoms with Crippen molar-refractivity contribution in [3.05, 3.63) is 73.1 Å². The number of fused-ring (bicyclic) bond motifs is 6. The van der Waals surface area contributed by atoms with Gasteiger partial charge in [-0.15, -0.1) is 13.2 Å². The zero-order valence-electron chi connectivity index (χ0n) is 20.6. The number of imidazole rings is 1. The van der Waals surface area contributed by atoms with Crippen LogP contribution in [0, 0.1) is 11.8 Å². The summed E-state index contributed by atoms with van der Waals surface area (Å²) in [6, 6.07) is 13.7. The number of hydrogen-bond acceptors (Lipinski definition) is 1. The van der Waals surface area contributed by atoms with E-state index in [1.54, 1.807) is 0 Å². The molecular weight excluding hydrogens is 376 g/mol. The summed E-state index contributed by atoms with van der Waals surface area (Å²) in [5, 5.41) is 3.92. The lowest BCUT2D eigenvalue weighted by atomic mass is 9.68. The van der Waals surface area contributed by atoms with Gasteiger partial charge in [-0.2, -0.15) is 0 Å². The van der Waals surface area contributed by atoms with Crippen molar-refractivity contribution in [3.63, 3.8) is 0 Å². The highest BCUT2D eigenvalue weighted by Gasteiger charge is 2.32. The minimum Gasteiger partial charge on any atom is -0.299 e. The molecule has 1 atom stereocenters. The van der Waals surface area contributed by atoms with E-state index in [4.69, 9.17) is 4.98 Å². The minimum atomic E-state index is 0.0510. The van der Waals surface area contributed by atoms with Gasteiger partial charge in [0.05, 0.1) is 5.52 Å². The fraction of sp³-hybridized carbons (Fsp3) is 0.414. The molecule has 2 heterocycles. The lowest BCUT2D eigenvalue weighted by Gasteiger charge is -2.36. The molecule has 4 rings (SSSR count). The molecule has 0 saturated heterocycles. The highest BCUT2D eigenvalue weighted by molar-refractivity contribution is 6.13. The van der Waals surface area contributed by atoms with Crippen LogP contribution in [0.1, 0.15) is 66.5 Å². The van der Waals surface area contributed by atoms with Crippen LogP contribution in [0.15, 0.2) is 61.9 Å². The maximum absolute atomic E-state index is 4.81. The second-order valence-electron chi connectivity index (χ2n) is 10.6. The molecule has 2 aromatic carbocycles. The van der Waals surface area contributed by atoms with Crippen molar-refractivity contribution in [2.24, 2.45) is 11.8 Å². The first kappa shape index (κ1) is 23.1. The largest absolute Gasteiger partial charge is 0.299 e. The molecule has 0 aliphatic carbocycles. The zero-order chi connectivity index (χ0) is 23.1. The Morgan fingerprint density at radius 2 is 1.58 bits per heavy atom. The van der Waals surface area contributed by atoms with Crippen molar-refractivity contribution < 1.29 is 0 Å². The van der Waals surface area contributed by atoms with Crippen LogP contribution >= 0.6 is 0 Å². The first-order valence-electron chi connectivity index (χ1n) is 11.4. The van der Waals surface area contributed by atoms with Crippen molar-refractivity contribution in [2.45, 2.75) is 66.2 Å². The van der Waals surface area contributed by atoms with E-state index in [0.29, 0.717) is 11.8 Å². The van der Waals surface area contributed by atoms with Gasteiger partial charge in [0, 0.05) is 23.2 Å². The van der Waals surface area contributed by atoms with Crippen LogP contribution < -0.4 is 0 Å². The summed E-state index contributed by atoms with van der Waals surface area (Å²) in [4.78, 5) is 4.81. The van der Waals surface area contributed by atoms with E-state index >= 15 is 0 Å². The normalized spacial score (nSPS) is 13.6. The molecule has 0 spiro atoms. The summed E-state index contributed by atoms with van der Waals surface area (Å²) in [6.45, 7) is 24.7. The quantitative estimate of drug-likeness (QED) is 0.243. The van der Waals surface area contributed by atoms with Crippen LogP contribution in [0.3, 0.4) is 0 Å². The molecule has 164 valence electrons. The Labute approximate surface area is 188 Å². The molecule has 31 heavy (non-hydrogen) atoms. The highest BCUT2D eigenvalue weighted by atomic mass is 15.0. The van der Waals surface area contributed by atoms with E-state index in [1.165, 1.54) is 32.8 Å². The van der Waals surface area contributed by atoms with Gasteiger partial charge in [-0.25, -0.2) is 4.98 Å². The second kappa shape index (κ2) is 8.15. The predicted molar refractivity (Wildman–Crippen MR) is 137 cm³/mol. The smallest absolute Gasteiger partial charge is 0.145 e. The fourth-order valence-electron chi connectivity index (χ4n) is 4.74. The number of hydrogen-bond donors (Lipinski definition) is 0. The lowest BCUT2D eigenvalue weighted by Crippen LogP contribution is -2.30. The van der Waals surface area contributed by atoms with E-state index < -0.39 is 0 Å². The molecule has 1 unspecified atom stereocenters. The molecular formula is C29H38N2. The third kappa shape index (κ3) is 3.78. The number of pyridine rings is 1. The molecule has 0 bridgehead atoms. The lowest BCUT2D eigenvalue weighted by molar-refractivity contribution is 0.265. The molecule has 0 aliphatic rings. The van der Waals surface area contributed by atoms with Gasteiger partial charge >= 0.3 is 0 Å². The van der Waals surface area contributed by atoms with Gasteiger partial charge in [0.1, 0.15) is 5.65 Å². The average molecular weight is 415 g/mol. The molecule has 4 aromatic rings. The summed E-state index contributed by atoms with van der Waals surface area (Å²) in [5.74, 6) is 1.17. The number of aromatic nitrogens is 2. The van der Waals surface area contributed by atoms with E-state index in [0.717, 1.165) is 5.65 Å². The second-order valence-corrected chi connectivity index (χ2v) is 10.6. The Morgan fingerprint density at radius 3 is 2.19 bits per heavy atom. The summed E-state index contributed by atoms with van der Waals surface area (Å²) in [5.41, 5.74) is 5.23. The van der Waals surface area contributed by atoms with Gasteiger partial charge in [0.25, 0.3) is 0 Å².